The van der Waals surface area contributed by atoms with Gasteiger partial charge in [-0.25, -0.2) is 4.98 Å². The van der Waals surface area contributed by atoms with E-state index in [9.17, 15) is 4.79 Å². The molecule has 1 atom stereocenters. The first-order valence-electron chi connectivity index (χ1n) is 7.24. The molecule has 0 aliphatic carbocycles. The number of likely N-dealkylation sites (tertiary alicyclic amines) is 1. The summed E-state index contributed by atoms with van der Waals surface area (Å²) in [5.74, 6) is 5.58. The summed E-state index contributed by atoms with van der Waals surface area (Å²) in [7, 11) is 2.07. The van der Waals surface area contributed by atoms with Crippen molar-refractivity contribution in [2.24, 2.45) is 0 Å². The van der Waals surface area contributed by atoms with E-state index in [2.05, 4.69) is 34.1 Å². The fourth-order valence-corrected chi connectivity index (χ4v) is 2.37. The molecule has 0 spiro atoms. The zero-order valence-electron chi connectivity index (χ0n) is 12.3. The van der Waals surface area contributed by atoms with Gasteiger partial charge in [0.15, 0.2) is 0 Å². The predicted molar refractivity (Wildman–Crippen MR) is 80.8 cm³/mol. The second-order valence-electron chi connectivity index (χ2n) is 5.28. The molecule has 1 aliphatic rings. The number of amides is 1. The molecule has 1 saturated heterocycles. The third kappa shape index (κ3) is 4.85. The number of carbonyl (C=O) groups is 1. The Bertz CT molecular complexity index is 531. The Morgan fingerprint density at radius 1 is 1.57 bits per heavy atom. The summed E-state index contributed by atoms with van der Waals surface area (Å²) in [6.45, 7) is 2.03. The minimum atomic E-state index is -0.134. The van der Waals surface area contributed by atoms with Crippen molar-refractivity contribution in [2.75, 3.05) is 26.7 Å². The summed E-state index contributed by atoms with van der Waals surface area (Å²) in [6.07, 6.45) is 4.15. The number of pyridine rings is 1. The molecule has 1 aromatic heterocycles. The number of nitrogens with one attached hydrogen (secondary N) is 1. The molecular weight excluding hydrogens is 266 g/mol. The smallest absolute Gasteiger partial charge is 0.270 e. The van der Waals surface area contributed by atoms with Gasteiger partial charge < -0.3 is 15.3 Å². The first-order valence-corrected chi connectivity index (χ1v) is 7.24. The monoisotopic (exact) mass is 287 g/mol. The second-order valence-corrected chi connectivity index (χ2v) is 5.28. The number of hydrogen-bond acceptors (Lipinski definition) is 4. The summed E-state index contributed by atoms with van der Waals surface area (Å²) >= 11 is 0. The van der Waals surface area contributed by atoms with Crippen LogP contribution in [0.3, 0.4) is 0 Å². The van der Waals surface area contributed by atoms with Crippen LogP contribution in [-0.2, 0) is 0 Å². The van der Waals surface area contributed by atoms with Crippen LogP contribution in [0, 0.1) is 11.8 Å². The van der Waals surface area contributed by atoms with Gasteiger partial charge in [0.25, 0.3) is 5.91 Å². The largest absolute Gasteiger partial charge is 0.395 e. The molecule has 0 aromatic carbocycles. The van der Waals surface area contributed by atoms with Gasteiger partial charge in [0.05, 0.1) is 6.61 Å². The number of rotatable bonds is 3. The summed E-state index contributed by atoms with van der Waals surface area (Å²) in [4.78, 5) is 18.5. The van der Waals surface area contributed by atoms with Crippen LogP contribution >= 0.6 is 0 Å². The molecule has 2 heterocycles. The fourth-order valence-electron chi connectivity index (χ4n) is 2.37. The van der Waals surface area contributed by atoms with Crippen LogP contribution in [0.5, 0.6) is 0 Å². The lowest BCUT2D eigenvalue weighted by Crippen LogP contribution is -2.46. The maximum absolute atomic E-state index is 12.1. The zero-order chi connectivity index (χ0) is 15.1. The third-order valence-electron chi connectivity index (χ3n) is 3.43. The summed E-state index contributed by atoms with van der Waals surface area (Å²) in [5.41, 5.74) is 1.16. The highest BCUT2D eigenvalue weighted by atomic mass is 16.2. The Morgan fingerprint density at radius 3 is 3.10 bits per heavy atom. The molecule has 112 valence electrons. The van der Waals surface area contributed by atoms with Gasteiger partial charge in [-0.05, 0) is 38.6 Å². The maximum Gasteiger partial charge on any atom is 0.270 e. The SMILES string of the molecule is CN1CCCC(NC(=O)c2ccc(C#CCCO)cn2)C1. The van der Waals surface area contributed by atoms with Gasteiger partial charge in [0.1, 0.15) is 5.69 Å². The normalized spacial score (nSPS) is 18.7. The molecule has 1 fully saturated rings. The minimum Gasteiger partial charge on any atom is -0.395 e. The quantitative estimate of drug-likeness (QED) is 0.801. The Morgan fingerprint density at radius 2 is 2.43 bits per heavy atom. The molecule has 0 bridgehead atoms. The topological polar surface area (TPSA) is 65.5 Å². The van der Waals surface area contributed by atoms with Crippen molar-refractivity contribution in [3.05, 3.63) is 29.6 Å². The number of carbonyl (C=O) groups excluding carboxylic acids is 1. The molecule has 21 heavy (non-hydrogen) atoms. The van der Waals surface area contributed by atoms with Gasteiger partial charge in [-0.1, -0.05) is 11.8 Å². The van der Waals surface area contributed by atoms with Gasteiger partial charge in [0, 0.05) is 30.8 Å². The van der Waals surface area contributed by atoms with E-state index >= 15 is 0 Å². The lowest BCUT2D eigenvalue weighted by Gasteiger charge is -2.30. The summed E-state index contributed by atoms with van der Waals surface area (Å²) in [5, 5.41) is 11.7. The number of piperidine rings is 1. The molecule has 5 heteroatoms. The molecule has 5 nitrogen and oxygen atoms in total. The van der Waals surface area contributed by atoms with Crippen LogP contribution in [0.15, 0.2) is 18.3 Å². The Labute approximate surface area is 125 Å². The Hall–Kier alpha value is -1.90. The molecule has 0 radical (unpaired) electrons. The average Bonchev–Trinajstić information content (AvgIpc) is 2.48. The fraction of sp³-hybridized carbons (Fsp3) is 0.500. The first-order chi connectivity index (χ1) is 10.2. The third-order valence-corrected chi connectivity index (χ3v) is 3.43. The van der Waals surface area contributed by atoms with E-state index in [0.717, 1.165) is 31.5 Å². The molecule has 1 unspecified atom stereocenters. The zero-order valence-corrected chi connectivity index (χ0v) is 12.3. The van der Waals surface area contributed by atoms with Crippen LogP contribution in [0.4, 0.5) is 0 Å². The summed E-state index contributed by atoms with van der Waals surface area (Å²) < 4.78 is 0. The van der Waals surface area contributed by atoms with E-state index in [0.29, 0.717) is 12.1 Å². The molecule has 2 N–H and O–H groups in total. The number of aliphatic hydroxyl groups excluding tert-OH is 1. The highest BCUT2D eigenvalue weighted by Gasteiger charge is 2.19. The molecule has 0 saturated carbocycles. The lowest BCUT2D eigenvalue weighted by atomic mass is 10.1. The van der Waals surface area contributed by atoms with Crippen LogP contribution in [0.2, 0.25) is 0 Å². The molecule has 1 amide bonds. The van der Waals surface area contributed by atoms with E-state index in [4.69, 9.17) is 5.11 Å². The molecule has 1 aliphatic heterocycles. The molecule has 1 aromatic rings. The standard InChI is InChI=1S/C16H21N3O2/c1-19-9-4-6-14(12-19)18-16(21)15-8-7-13(11-17-15)5-2-3-10-20/h7-8,11,14,20H,3-4,6,9-10,12H2,1H3,(H,18,21). The number of aromatic nitrogens is 1. The number of aliphatic hydroxyl groups is 1. The van der Waals surface area contributed by atoms with Crippen molar-refractivity contribution in [3.63, 3.8) is 0 Å². The van der Waals surface area contributed by atoms with Crippen LogP contribution in [-0.4, -0.2) is 53.7 Å². The van der Waals surface area contributed by atoms with Gasteiger partial charge in [-0.3, -0.25) is 4.79 Å². The van der Waals surface area contributed by atoms with E-state index in [1.54, 1.807) is 18.3 Å². The van der Waals surface area contributed by atoms with Gasteiger partial charge in [0.2, 0.25) is 0 Å². The van der Waals surface area contributed by atoms with Crippen molar-refractivity contribution >= 4 is 5.91 Å². The van der Waals surface area contributed by atoms with Crippen molar-refractivity contribution in [1.29, 1.82) is 0 Å². The van der Waals surface area contributed by atoms with Crippen molar-refractivity contribution in [2.45, 2.75) is 25.3 Å². The maximum atomic E-state index is 12.1. The highest BCUT2D eigenvalue weighted by molar-refractivity contribution is 5.92. The average molecular weight is 287 g/mol. The molecule has 2 rings (SSSR count). The lowest BCUT2D eigenvalue weighted by molar-refractivity contribution is 0.0907. The van der Waals surface area contributed by atoms with Crippen molar-refractivity contribution < 1.29 is 9.90 Å². The van der Waals surface area contributed by atoms with Gasteiger partial charge >= 0.3 is 0 Å². The Balaban J connectivity index is 1.92. The van der Waals surface area contributed by atoms with Gasteiger partial charge in [-0.15, -0.1) is 0 Å². The van der Waals surface area contributed by atoms with E-state index in [-0.39, 0.29) is 18.6 Å². The van der Waals surface area contributed by atoms with Crippen molar-refractivity contribution in [3.8, 4) is 11.8 Å². The number of likely N-dealkylation sites (N-methyl/N-ethyl adjacent to an activating group) is 1. The molecular formula is C16H21N3O2. The van der Waals surface area contributed by atoms with E-state index in [1.807, 2.05) is 0 Å². The summed E-state index contributed by atoms with van der Waals surface area (Å²) in [6, 6.07) is 3.66. The minimum absolute atomic E-state index is 0.0523. The van der Waals surface area contributed by atoms with E-state index < -0.39 is 0 Å². The van der Waals surface area contributed by atoms with Crippen LogP contribution < -0.4 is 5.32 Å². The second kappa shape index (κ2) is 7.77. The van der Waals surface area contributed by atoms with Crippen molar-refractivity contribution in [1.82, 2.24) is 15.2 Å². The number of nitrogens with zero attached hydrogens (tertiary/aromatic N) is 2. The van der Waals surface area contributed by atoms with E-state index in [1.165, 1.54) is 0 Å². The highest BCUT2D eigenvalue weighted by Crippen LogP contribution is 2.09. The van der Waals surface area contributed by atoms with Crippen LogP contribution in [0.1, 0.15) is 35.3 Å². The predicted octanol–water partition coefficient (Wildman–Crippen LogP) is 0.639. The van der Waals surface area contributed by atoms with Crippen LogP contribution in [0.25, 0.3) is 0 Å². The number of hydrogen-bond donors (Lipinski definition) is 2. The first kappa shape index (κ1) is 15.5. The van der Waals surface area contributed by atoms with Gasteiger partial charge in [-0.2, -0.15) is 0 Å². The Kier molecular flexibility index (Phi) is 5.73.